The third-order valence-corrected chi connectivity index (χ3v) is 2.72. The average molecular weight is 192 g/mol. The molecular weight excluding hydrogens is 180 g/mol. The van der Waals surface area contributed by atoms with E-state index < -0.39 is 0 Å². The Hall–Kier alpha value is -1.09. The smallest absolute Gasteiger partial charge is 0.302 e. The van der Waals surface area contributed by atoms with Gasteiger partial charge in [-0.25, -0.2) is 0 Å². The van der Waals surface area contributed by atoms with Crippen LogP contribution in [0, 0.1) is 0 Å². The van der Waals surface area contributed by atoms with Crippen molar-refractivity contribution < 1.29 is 9.53 Å². The van der Waals surface area contributed by atoms with Gasteiger partial charge in [0.1, 0.15) is 0 Å². The normalized spacial score (nSPS) is 9.62. The standard InChI is InChI=1S/C10H12O2Si/c1-2-12-10(11)8-13-9-6-4-3-5-7-9/h3-7H,2,8H2,1H3. The molecule has 1 rings (SSSR count). The van der Waals surface area contributed by atoms with E-state index in [-0.39, 0.29) is 5.97 Å². The van der Waals surface area contributed by atoms with E-state index in [1.165, 1.54) is 5.19 Å². The number of hydrogen-bond donors (Lipinski definition) is 0. The minimum atomic E-state index is -0.107. The zero-order valence-electron chi connectivity index (χ0n) is 7.62. The van der Waals surface area contributed by atoms with Gasteiger partial charge in [0.15, 0.2) is 0 Å². The van der Waals surface area contributed by atoms with Crippen molar-refractivity contribution in [3.05, 3.63) is 30.3 Å². The van der Waals surface area contributed by atoms with Crippen LogP contribution in [0.5, 0.6) is 0 Å². The number of ether oxygens (including phenoxy) is 1. The quantitative estimate of drug-likeness (QED) is 0.525. The lowest BCUT2D eigenvalue weighted by atomic mass is 10.4. The third-order valence-electron chi connectivity index (χ3n) is 1.52. The van der Waals surface area contributed by atoms with Crippen LogP contribution in [0.1, 0.15) is 6.92 Å². The van der Waals surface area contributed by atoms with E-state index in [0.717, 1.165) is 0 Å². The summed E-state index contributed by atoms with van der Waals surface area (Å²) < 4.78 is 4.83. The van der Waals surface area contributed by atoms with Crippen LogP contribution < -0.4 is 5.19 Å². The zero-order chi connectivity index (χ0) is 9.52. The molecular formula is C10H12O2Si. The van der Waals surface area contributed by atoms with Gasteiger partial charge in [-0.05, 0) is 6.92 Å². The Balaban J connectivity index is 2.31. The molecule has 0 fully saturated rings. The number of carbonyl (C=O) groups is 1. The topological polar surface area (TPSA) is 26.3 Å². The minimum absolute atomic E-state index is 0.107. The average Bonchev–Trinajstić information content (AvgIpc) is 2.17. The molecule has 0 aliphatic heterocycles. The van der Waals surface area contributed by atoms with E-state index in [4.69, 9.17) is 4.74 Å². The van der Waals surface area contributed by atoms with E-state index in [2.05, 4.69) is 0 Å². The predicted molar refractivity (Wildman–Crippen MR) is 53.3 cm³/mol. The van der Waals surface area contributed by atoms with Gasteiger partial charge in [0.25, 0.3) is 0 Å². The van der Waals surface area contributed by atoms with Crippen molar-refractivity contribution in [1.29, 1.82) is 0 Å². The Bertz CT molecular complexity index is 259. The van der Waals surface area contributed by atoms with Gasteiger partial charge in [-0.2, -0.15) is 0 Å². The maximum Gasteiger partial charge on any atom is 0.302 e. The molecule has 1 aromatic carbocycles. The number of benzene rings is 1. The first-order chi connectivity index (χ1) is 6.33. The van der Waals surface area contributed by atoms with E-state index in [1.807, 2.05) is 37.3 Å². The Morgan fingerprint density at radius 2 is 2.08 bits per heavy atom. The molecule has 1 aromatic rings. The molecule has 2 radical (unpaired) electrons. The molecule has 0 N–H and O–H groups in total. The predicted octanol–water partition coefficient (Wildman–Crippen LogP) is 0.997. The molecule has 0 heterocycles. The molecule has 0 atom stereocenters. The van der Waals surface area contributed by atoms with Crippen molar-refractivity contribution in [1.82, 2.24) is 0 Å². The van der Waals surface area contributed by atoms with Gasteiger partial charge in [-0.1, -0.05) is 35.5 Å². The Morgan fingerprint density at radius 1 is 1.38 bits per heavy atom. The molecule has 3 heteroatoms. The van der Waals surface area contributed by atoms with Gasteiger partial charge >= 0.3 is 5.97 Å². The van der Waals surface area contributed by atoms with Gasteiger partial charge < -0.3 is 4.74 Å². The van der Waals surface area contributed by atoms with E-state index in [0.29, 0.717) is 22.2 Å². The fourth-order valence-corrected chi connectivity index (χ4v) is 1.82. The first-order valence-corrected chi connectivity index (χ1v) is 5.48. The fourth-order valence-electron chi connectivity index (χ4n) is 0.942. The molecule has 0 amide bonds. The van der Waals surface area contributed by atoms with Crippen LogP contribution in [0.3, 0.4) is 0 Å². The third kappa shape index (κ3) is 3.89. The molecule has 2 nitrogen and oxygen atoms in total. The summed E-state index contributed by atoms with van der Waals surface area (Å²) in [6, 6.07) is 10.5. The maximum atomic E-state index is 11.0. The summed E-state index contributed by atoms with van der Waals surface area (Å²) in [5.41, 5.74) is 0. The lowest BCUT2D eigenvalue weighted by Gasteiger charge is -2.00. The van der Waals surface area contributed by atoms with Crippen LogP contribution in [-0.2, 0) is 9.53 Å². The molecule has 0 aliphatic rings. The molecule has 0 aliphatic carbocycles. The van der Waals surface area contributed by atoms with E-state index in [9.17, 15) is 4.79 Å². The second-order valence-electron chi connectivity index (χ2n) is 2.52. The summed E-state index contributed by atoms with van der Waals surface area (Å²) in [7, 11) is 0.520. The molecule has 0 aromatic heterocycles. The van der Waals surface area contributed by atoms with Gasteiger partial charge in [-0.15, -0.1) is 0 Å². The number of hydrogen-bond acceptors (Lipinski definition) is 2. The van der Waals surface area contributed by atoms with Gasteiger partial charge in [-0.3, -0.25) is 4.79 Å². The van der Waals surface area contributed by atoms with E-state index >= 15 is 0 Å². The van der Waals surface area contributed by atoms with Gasteiger partial charge in [0, 0.05) is 6.04 Å². The molecule has 0 spiro atoms. The number of carbonyl (C=O) groups excluding carboxylic acids is 1. The van der Waals surface area contributed by atoms with Crippen LogP contribution in [0.25, 0.3) is 0 Å². The largest absolute Gasteiger partial charge is 0.466 e. The highest BCUT2D eigenvalue weighted by Gasteiger charge is 2.02. The Kier molecular flexibility index (Phi) is 4.25. The highest BCUT2D eigenvalue weighted by molar-refractivity contribution is 6.56. The molecule has 13 heavy (non-hydrogen) atoms. The van der Waals surface area contributed by atoms with Crippen molar-refractivity contribution in [2.24, 2.45) is 0 Å². The van der Waals surface area contributed by atoms with Gasteiger partial charge in [0.05, 0.1) is 16.1 Å². The summed E-state index contributed by atoms with van der Waals surface area (Å²) in [5.74, 6) is -0.107. The maximum absolute atomic E-state index is 11.0. The van der Waals surface area contributed by atoms with Crippen molar-refractivity contribution in [3.8, 4) is 0 Å². The second-order valence-corrected chi connectivity index (χ2v) is 3.81. The first kappa shape index (κ1) is 9.99. The lowest BCUT2D eigenvalue weighted by molar-refractivity contribution is -0.140. The summed E-state index contributed by atoms with van der Waals surface area (Å²) in [6.45, 7) is 2.29. The summed E-state index contributed by atoms with van der Waals surface area (Å²) in [6.07, 6.45) is 0. The monoisotopic (exact) mass is 192 g/mol. The van der Waals surface area contributed by atoms with Crippen molar-refractivity contribution in [2.45, 2.75) is 13.0 Å². The second kappa shape index (κ2) is 5.53. The number of rotatable bonds is 4. The SMILES string of the molecule is CCOC(=O)C[Si]c1ccccc1. The van der Waals surface area contributed by atoms with Crippen LogP contribution in [0.15, 0.2) is 30.3 Å². The molecule has 0 saturated carbocycles. The van der Waals surface area contributed by atoms with Crippen LogP contribution in [-0.4, -0.2) is 22.1 Å². The lowest BCUT2D eigenvalue weighted by Crippen LogP contribution is -2.17. The van der Waals surface area contributed by atoms with Crippen molar-refractivity contribution in [3.63, 3.8) is 0 Å². The zero-order valence-corrected chi connectivity index (χ0v) is 8.62. The number of esters is 1. The Labute approximate surface area is 80.7 Å². The molecule has 0 bridgehead atoms. The highest BCUT2D eigenvalue weighted by Crippen LogP contribution is 1.88. The van der Waals surface area contributed by atoms with Crippen LogP contribution >= 0.6 is 0 Å². The Morgan fingerprint density at radius 3 is 2.69 bits per heavy atom. The van der Waals surface area contributed by atoms with Crippen LogP contribution in [0.4, 0.5) is 0 Å². The van der Waals surface area contributed by atoms with E-state index in [1.54, 1.807) is 0 Å². The van der Waals surface area contributed by atoms with Crippen molar-refractivity contribution >= 4 is 20.7 Å². The fraction of sp³-hybridized carbons (Fsp3) is 0.300. The molecule has 0 unspecified atom stereocenters. The summed E-state index contributed by atoms with van der Waals surface area (Å²) in [4.78, 5) is 11.0. The molecule has 68 valence electrons. The highest BCUT2D eigenvalue weighted by atomic mass is 28.2. The summed E-state index contributed by atoms with van der Waals surface area (Å²) >= 11 is 0. The first-order valence-electron chi connectivity index (χ1n) is 4.27. The minimum Gasteiger partial charge on any atom is -0.466 e. The van der Waals surface area contributed by atoms with Crippen LogP contribution in [0.2, 0.25) is 6.04 Å². The van der Waals surface area contributed by atoms with Crippen molar-refractivity contribution in [2.75, 3.05) is 6.61 Å². The molecule has 0 saturated heterocycles. The summed E-state index contributed by atoms with van der Waals surface area (Å²) in [5, 5.41) is 1.20. The van der Waals surface area contributed by atoms with Gasteiger partial charge in [0.2, 0.25) is 0 Å².